The number of hydrogen-bond donors (Lipinski definition) is 0. The normalized spacial score (nSPS) is 12.4. The van der Waals surface area contributed by atoms with Crippen LogP contribution in [0.1, 0.15) is 0 Å². The fraction of sp³-hybridized carbons (Fsp3) is 0. The van der Waals surface area contributed by atoms with Crippen molar-refractivity contribution in [2.75, 3.05) is 0 Å². The Hall–Kier alpha value is -5.65. The molecule has 0 saturated carbocycles. The van der Waals surface area contributed by atoms with Gasteiger partial charge in [0.05, 0.1) is 27.8 Å². The third-order valence-corrected chi connectivity index (χ3v) is 10.1. The number of nitrogens with zero attached hydrogens (tertiary/aromatic N) is 4. The van der Waals surface area contributed by atoms with Crippen molar-refractivity contribution < 1.29 is 0 Å². The van der Waals surface area contributed by atoms with Crippen LogP contribution in [0.3, 0.4) is 0 Å². The Bertz CT molecular complexity index is 2610. The minimum atomic E-state index is 0.743. The second-order valence-electron chi connectivity index (χ2n) is 11.5. The molecule has 3 aromatic heterocycles. The highest BCUT2D eigenvalue weighted by atomic mass is 32.2. The van der Waals surface area contributed by atoms with Gasteiger partial charge in [0.2, 0.25) is 0 Å². The van der Waals surface area contributed by atoms with E-state index in [0.717, 1.165) is 39.4 Å². The lowest BCUT2D eigenvalue weighted by molar-refractivity contribution is 1.12. The van der Waals surface area contributed by atoms with Crippen molar-refractivity contribution >= 4 is 55.4 Å². The average molecular weight is 593 g/mol. The summed E-state index contributed by atoms with van der Waals surface area (Å²) < 4.78 is 4.65. The molecule has 45 heavy (non-hydrogen) atoms. The molecule has 10 rings (SSSR count). The quantitative estimate of drug-likeness (QED) is 0.205. The lowest BCUT2D eigenvalue weighted by atomic mass is 10.0. The van der Waals surface area contributed by atoms with E-state index in [9.17, 15) is 0 Å². The molecule has 0 bridgehead atoms. The van der Waals surface area contributed by atoms with Crippen molar-refractivity contribution in [2.45, 2.75) is 9.79 Å². The van der Waals surface area contributed by atoms with E-state index in [2.05, 4.69) is 155 Å². The zero-order valence-electron chi connectivity index (χ0n) is 24.1. The van der Waals surface area contributed by atoms with Gasteiger partial charge >= 0.3 is 0 Å². The topological polar surface area (TPSA) is 35.6 Å². The van der Waals surface area contributed by atoms with Crippen LogP contribution in [-0.4, -0.2) is 19.1 Å². The van der Waals surface area contributed by atoms with Crippen LogP contribution in [0.25, 0.3) is 77.6 Å². The first-order valence-corrected chi connectivity index (χ1v) is 15.9. The molecule has 0 spiro atoms. The van der Waals surface area contributed by atoms with E-state index >= 15 is 0 Å². The Morgan fingerprint density at radius 1 is 0.533 bits per heavy atom. The number of fused-ring (bicyclic) bond motifs is 6. The minimum absolute atomic E-state index is 0.743. The summed E-state index contributed by atoms with van der Waals surface area (Å²) in [4.78, 5) is 12.7. The summed E-state index contributed by atoms with van der Waals surface area (Å²) in [6.45, 7) is 0. The zero-order chi connectivity index (χ0) is 29.5. The van der Waals surface area contributed by atoms with Crippen LogP contribution < -0.4 is 0 Å². The number of hydrogen-bond acceptors (Lipinski definition) is 3. The van der Waals surface area contributed by atoms with Gasteiger partial charge in [-0.05, 0) is 78.9 Å². The first-order valence-electron chi connectivity index (χ1n) is 15.1. The molecule has 4 nitrogen and oxygen atoms in total. The molecule has 0 atom stereocenters. The van der Waals surface area contributed by atoms with Gasteiger partial charge in [0, 0.05) is 60.0 Å². The molecule has 0 fully saturated rings. The van der Waals surface area contributed by atoms with Crippen molar-refractivity contribution in [2.24, 2.45) is 0 Å². The molecule has 6 aromatic carbocycles. The fourth-order valence-corrected chi connectivity index (χ4v) is 7.99. The molecule has 210 valence electrons. The Morgan fingerprint density at radius 3 is 2.24 bits per heavy atom. The van der Waals surface area contributed by atoms with Crippen LogP contribution in [0.5, 0.6) is 0 Å². The monoisotopic (exact) mass is 592 g/mol. The van der Waals surface area contributed by atoms with E-state index in [1.165, 1.54) is 48.1 Å². The highest BCUT2D eigenvalue weighted by Gasteiger charge is 2.22. The highest BCUT2D eigenvalue weighted by molar-refractivity contribution is 7.99. The van der Waals surface area contributed by atoms with Gasteiger partial charge in [0.25, 0.3) is 0 Å². The van der Waals surface area contributed by atoms with E-state index in [0.29, 0.717) is 0 Å². The van der Waals surface area contributed by atoms with E-state index < -0.39 is 0 Å². The molecular formula is C40H24N4S. The second-order valence-corrected chi connectivity index (χ2v) is 12.6. The van der Waals surface area contributed by atoms with Gasteiger partial charge in [-0.25, -0.2) is 9.97 Å². The molecule has 0 unspecified atom stereocenters. The van der Waals surface area contributed by atoms with E-state index in [-0.39, 0.29) is 0 Å². The number of aromatic nitrogens is 4. The summed E-state index contributed by atoms with van der Waals surface area (Å²) in [6.07, 6.45) is 2.16. The summed E-state index contributed by atoms with van der Waals surface area (Å²) >= 11 is 1.80. The van der Waals surface area contributed by atoms with Crippen LogP contribution in [-0.2, 0) is 0 Å². The molecule has 1 aliphatic heterocycles. The maximum Gasteiger partial charge on any atom is 0.160 e. The summed E-state index contributed by atoms with van der Waals surface area (Å²) in [5, 5.41) is 4.86. The molecule has 9 aromatic rings. The van der Waals surface area contributed by atoms with Gasteiger partial charge in [-0.1, -0.05) is 72.4 Å². The van der Waals surface area contributed by atoms with Crippen LogP contribution >= 0.6 is 11.8 Å². The maximum atomic E-state index is 5.17. The van der Waals surface area contributed by atoms with Gasteiger partial charge in [-0.2, -0.15) is 0 Å². The molecule has 5 heteroatoms. The molecule has 1 aliphatic rings. The van der Waals surface area contributed by atoms with Crippen molar-refractivity contribution in [3.05, 3.63) is 146 Å². The molecular weight excluding hydrogens is 569 g/mol. The van der Waals surface area contributed by atoms with Gasteiger partial charge in [0.15, 0.2) is 5.82 Å². The average Bonchev–Trinajstić information content (AvgIpc) is 3.66. The van der Waals surface area contributed by atoms with Crippen LogP contribution in [0, 0.1) is 0 Å². The maximum absolute atomic E-state index is 5.17. The summed E-state index contributed by atoms with van der Waals surface area (Å²) in [6, 6.07) is 49.7. The smallest absolute Gasteiger partial charge is 0.160 e. The van der Waals surface area contributed by atoms with E-state index in [4.69, 9.17) is 9.97 Å². The van der Waals surface area contributed by atoms with Crippen molar-refractivity contribution in [3.63, 3.8) is 0 Å². The Kier molecular flexibility index (Phi) is 5.18. The third kappa shape index (κ3) is 3.68. The van der Waals surface area contributed by atoms with Crippen molar-refractivity contribution in [3.8, 4) is 34.0 Å². The Balaban J connectivity index is 1.15. The summed E-state index contributed by atoms with van der Waals surface area (Å²) in [5.41, 5.74) is 9.97. The van der Waals surface area contributed by atoms with Crippen molar-refractivity contribution in [1.82, 2.24) is 19.1 Å². The first kappa shape index (κ1) is 24.8. The third-order valence-electron chi connectivity index (χ3n) is 8.95. The predicted octanol–water partition coefficient (Wildman–Crippen LogP) is 10.5. The van der Waals surface area contributed by atoms with Crippen LogP contribution in [0.15, 0.2) is 156 Å². The van der Waals surface area contributed by atoms with Gasteiger partial charge in [-0.3, -0.25) is 0 Å². The standard InChI is InChI=1S/C40H24N4S/c1-2-9-27(10-3-1)43-22-21-26-23-31-29-11-4-6-14-33(29)44(35(31)24-34(26)43)28-19-17-25(18-20-28)40-41-32-13-8-16-37-38(32)39(42-40)30-12-5-7-15-36(30)45-37/h1-24H. The largest absolute Gasteiger partial charge is 0.316 e. The Morgan fingerprint density at radius 2 is 1.33 bits per heavy atom. The molecule has 4 heterocycles. The van der Waals surface area contributed by atoms with Gasteiger partial charge in [-0.15, -0.1) is 0 Å². The van der Waals surface area contributed by atoms with E-state index in [1.807, 2.05) is 0 Å². The highest BCUT2D eigenvalue weighted by Crippen LogP contribution is 2.47. The zero-order valence-corrected chi connectivity index (χ0v) is 24.9. The van der Waals surface area contributed by atoms with Crippen molar-refractivity contribution in [1.29, 1.82) is 0 Å². The lowest BCUT2D eigenvalue weighted by Gasteiger charge is -2.19. The van der Waals surface area contributed by atoms with Gasteiger partial charge in [0.1, 0.15) is 0 Å². The molecule has 0 saturated heterocycles. The first-order chi connectivity index (χ1) is 22.3. The minimum Gasteiger partial charge on any atom is -0.316 e. The SMILES string of the molecule is c1ccc(-n2ccc3cc4c5ccccc5n(-c5ccc(-c6nc7c8c(cccc8n6)Sc6ccccc6-7)cc5)c4cc32)cc1. The number of rotatable bonds is 3. The summed E-state index contributed by atoms with van der Waals surface area (Å²) in [7, 11) is 0. The molecule has 0 amide bonds. The Labute approximate surface area is 263 Å². The van der Waals surface area contributed by atoms with Crippen LogP contribution in [0.4, 0.5) is 0 Å². The summed E-state index contributed by atoms with van der Waals surface area (Å²) in [5.74, 6) is 0.743. The van der Waals surface area contributed by atoms with Crippen LogP contribution in [0.2, 0.25) is 0 Å². The molecule has 0 radical (unpaired) electrons. The number of benzene rings is 6. The number of para-hydroxylation sites is 2. The van der Waals surface area contributed by atoms with E-state index in [1.54, 1.807) is 11.8 Å². The predicted molar refractivity (Wildman–Crippen MR) is 186 cm³/mol. The lowest BCUT2D eigenvalue weighted by Crippen LogP contribution is -2.00. The molecule has 0 N–H and O–H groups in total. The van der Waals surface area contributed by atoms with Gasteiger partial charge < -0.3 is 9.13 Å². The fourth-order valence-electron chi connectivity index (χ4n) is 6.88. The molecule has 0 aliphatic carbocycles. The second kappa shape index (κ2) is 9.42.